The van der Waals surface area contributed by atoms with E-state index in [9.17, 15) is 26.3 Å². The van der Waals surface area contributed by atoms with E-state index in [1.165, 1.54) is 24.3 Å². The Labute approximate surface area is 329 Å². The van der Waals surface area contributed by atoms with Crippen LogP contribution in [0.3, 0.4) is 0 Å². The number of ether oxygens (including phenoxy) is 4. The van der Waals surface area contributed by atoms with Crippen LogP contribution in [-0.4, -0.2) is 24.2 Å². The highest BCUT2D eigenvalue weighted by atomic mass is 127. The molecule has 2 heterocycles. The monoisotopic (exact) mass is 922 g/mol. The molecule has 4 aromatic carbocycles. The Balaban J connectivity index is 0.000000208. The summed E-state index contributed by atoms with van der Waals surface area (Å²) < 4.78 is 98.9. The molecule has 0 saturated heterocycles. The lowest BCUT2D eigenvalue weighted by Gasteiger charge is -2.11. The third-order valence-electron chi connectivity index (χ3n) is 7.75. The summed E-state index contributed by atoms with van der Waals surface area (Å²) in [4.78, 5) is 8.80. The van der Waals surface area contributed by atoms with Gasteiger partial charge in [-0.25, -0.2) is 9.97 Å². The molecule has 6 nitrogen and oxygen atoms in total. The van der Waals surface area contributed by atoms with Crippen molar-refractivity contribution >= 4 is 38.5 Å². The quantitative estimate of drug-likeness (QED) is 0.0775. The van der Waals surface area contributed by atoms with Gasteiger partial charge in [-0.1, -0.05) is 48.5 Å². The van der Waals surface area contributed by atoms with Gasteiger partial charge in [-0.15, -0.1) is 0 Å². The van der Waals surface area contributed by atoms with Crippen LogP contribution in [0.15, 0.2) is 126 Å². The van der Waals surface area contributed by atoms with Crippen molar-refractivity contribution in [3.05, 3.63) is 152 Å². The lowest BCUT2D eigenvalue weighted by Crippen LogP contribution is -2.04. The van der Waals surface area contributed by atoms with Crippen molar-refractivity contribution < 1.29 is 45.3 Å². The van der Waals surface area contributed by atoms with Crippen molar-refractivity contribution in [1.82, 2.24) is 9.97 Å². The molecule has 0 fully saturated rings. The summed E-state index contributed by atoms with van der Waals surface area (Å²) in [6.45, 7) is 0.727. The molecule has 0 bridgehead atoms. The summed E-state index contributed by atoms with van der Waals surface area (Å²) in [5, 5.41) is 0. The van der Waals surface area contributed by atoms with Crippen LogP contribution >= 0.6 is 38.5 Å². The number of hydrogen-bond donors (Lipinski definition) is 0. The molecule has 0 spiro atoms. The van der Waals surface area contributed by atoms with Crippen LogP contribution < -0.4 is 18.9 Å². The van der Waals surface area contributed by atoms with Gasteiger partial charge < -0.3 is 18.9 Å². The first-order chi connectivity index (χ1) is 25.7. The Morgan fingerprint density at radius 3 is 1.28 bits per heavy atom. The molecule has 6 aromatic rings. The Morgan fingerprint density at radius 2 is 0.907 bits per heavy atom. The summed E-state index contributed by atoms with van der Waals surface area (Å²) >= 11 is 5.40. The first kappa shape index (κ1) is 40.4. The predicted molar refractivity (Wildman–Crippen MR) is 204 cm³/mol. The summed E-state index contributed by atoms with van der Waals surface area (Å²) in [6.07, 6.45) is -8.70. The van der Waals surface area contributed by atoms with E-state index in [0.29, 0.717) is 55.5 Å². The van der Waals surface area contributed by atoms with Gasteiger partial charge in [0.2, 0.25) is 0 Å². The molecule has 0 amide bonds. The SMILES string of the molecule is COc1ccc(COc2ccc(-c3ccc(C(F)(F)F)cc3)nc2Br)cc1.COc1ccc(COc2ccc(-c3ccc(C(F)(F)F)cc3)nc2I)cc1. The second kappa shape index (κ2) is 18.0. The Kier molecular flexibility index (Phi) is 13.5. The van der Waals surface area contributed by atoms with E-state index in [0.717, 1.165) is 46.9 Å². The largest absolute Gasteiger partial charge is 0.497 e. The normalized spacial score (nSPS) is 11.3. The molecule has 2 aromatic heterocycles. The molecule has 14 heteroatoms. The van der Waals surface area contributed by atoms with Crippen molar-refractivity contribution in [3.8, 4) is 45.5 Å². The molecule has 280 valence electrons. The van der Waals surface area contributed by atoms with Crippen LogP contribution in [0.2, 0.25) is 0 Å². The second-order valence-corrected chi connectivity index (χ2v) is 13.2. The molecule has 0 saturated carbocycles. The molecule has 0 aliphatic heterocycles. The van der Waals surface area contributed by atoms with Crippen LogP contribution in [0.4, 0.5) is 26.3 Å². The average Bonchev–Trinajstić information content (AvgIpc) is 3.17. The maximum Gasteiger partial charge on any atom is 0.416 e. The van der Waals surface area contributed by atoms with Crippen LogP contribution in [0, 0.1) is 3.70 Å². The molecule has 0 unspecified atom stereocenters. The van der Waals surface area contributed by atoms with Crippen LogP contribution in [0.25, 0.3) is 22.5 Å². The number of nitrogens with zero attached hydrogens (tertiary/aromatic N) is 2. The van der Waals surface area contributed by atoms with Gasteiger partial charge >= 0.3 is 12.4 Å². The van der Waals surface area contributed by atoms with Gasteiger partial charge in [-0.2, -0.15) is 26.3 Å². The van der Waals surface area contributed by atoms with Crippen molar-refractivity contribution in [2.24, 2.45) is 0 Å². The third-order valence-corrected chi connectivity index (χ3v) is 9.09. The summed E-state index contributed by atoms with van der Waals surface area (Å²) in [6, 6.07) is 31.8. The van der Waals surface area contributed by atoms with E-state index in [1.54, 1.807) is 38.5 Å². The number of alkyl halides is 6. The first-order valence-corrected chi connectivity index (χ1v) is 17.8. The van der Waals surface area contributed by atoms with E-state index in [1.807, 2.05) is 48.5 Å². The van der Waals surface area contributed by atoms with Gasteiger partial charge in [-0.3, -0.25) is 0 Å². The molecule has 0 N–H and O–H groups in total. The standard InChI is InChI=1S/C20H15BrF3NO2.C20H15F3INO2/c1-26-16-8-2-13(3-9-16)12-27-18-11-10-17(25-19(18)21)14-4-6-15(7-5-14)20(22,23)24;1-26-16-8-2-13(3-9-16)12-27-18-11-10-17(25-19(18)24)14-4-6-15(7-5-14)20(21,22)23/h2*2-11H,12H2,1H3. The van der Waals surface area contributed by atoms with Crippen LogP contribution in [-0.2, 0) is 25.6 Å². The average molecular weight is 923 g/mol. The fourth-order valence-corrected chi connectivity index (χ4v) is 5.84. The van der Waals surface area contributed by atoms with Gasteiger partial charge in [0.25, 0.3) is 0 Å². The minimum absolute atomic E-state index is 0.351. The molecule has 0 atom stereocenters. The minimum atomic E-state index is -4.36. The number of halogens is 8. The van der Waals surface area contributed by atoms with Crippen LogP contribution in [0.1, 0.15) is 22.3 Å². The lowest BCUT2D eigenvalue weighted by atomic mass is 10.1. The highest BCUT2D eigenvalue weighted by Crippen LogP contribution is 2.34. The van der Waals surface area contributed by atoms with Gasteiger partial charge in [0.1, 0.15) is 33.0 Å². The molecule has 0 aliphatic rings. The number of hydrogen-bond acceptors (Lipinski definition) is 6. The van der Waals surface area contributed by atoms with Crippen molar-refractivity contribution in [2.75, 3.05) is 14.2 Å². The van der Waals surface area contributed by atoms with Gasteiger partial charge in [-0.05, 0) is 122 Å². The molecular weight excluding hydrogens is 893 g/mol. The van der Waals surface area contributed by atoms with Gasteiger partial charge in [0, 0.05) is 11.1 Å². The molecular formula is C40H30BrF6IN2O4. The smallest absolute Gasteiger partial charge is 0.416 e. The minimum Gasteiger partial charge on any atom is -0.497 e. The Morgan fingerprint density at radius 1 is 0.519 bits per heavy atom. The zero-order valence-electron chi connectivity index (χ0n) is 28.5. The van der Waals surface area contributed by atoms with Crippen molar-refractivity contribution in [1.29, 1.82) is 0 Å². The predicted octanol–water partition coefficient (Wildman–Crippen LogP) is 12.1. The molecule has 0 radical (unpaired) electrons. The summed E-state index contributed by atoms with van der Waals surface area (Å²) in [7, 11) is 3.21. The lowest BCUT2D eigenvalue weighted by molar-refractivity contribution is -0.138. The van der Waals surface area contributed by atoms with Gasteiger partial charge in [0.05, 0.1) is 36.7 Å². The van der Waals surface area contributed by atoms with E-state index in [4.69, 9.17) is 18.9 Å². The Bertz CT molecular complexity index is 1980. The number of pyridine rings is 2. The first-order valence-electron chi connectivity index (χ1n) is 15.9. The zero-order chi connectivity index (χ0) is 38.9. The number of benzene rings is 4. The van der Waals surface area contributed by atoms with E-state index in [2.05, 4.69) is 48.5 Å². The van der Waals surface area contributed by atoms with Crippen LogP contribution in [0.5, 0.6) is 23.0 Å². The van der Waals surface area contributed by atoms with Crippen molar-refractivity contribution in [3.63, 3.8) is 0 Å². The third kappa shape index (κ3) is 11.1. The second-order valence-electron chi connectivity index (χ2n) is 11.4. The van der Waals surface area contributed by atoms with E-state index < -0.39 is 23.5 Å². The zero-order valence-corrected chi connectivity index (χ0v) is 32.3. The Hall–Kier alpha value is -4.83. The van der Waals surface area contributed by atoms with E-state index >= 15 is 0 Å². The molecule has 0 aliphatic carbocycles. The number of methoxy groups -OCH3 is 2. The fraction of sp³-hybridized carbons (Fsp3) is 0.150. The highest BCUT2D eigenvalue weighted by Gasteiger charge is 2.31. The molecule has 54 heavy (non-hydrogen) atoms. The topological polar surface area (TPSA) is 62.7 Å². The van der Waals surface area contributed by atoms with Crippen molar-refractivity contribution in [2.45, 2.75) is 25.6 Å². The maximum atomic E-state index is 12.7. The molecule has 6 rings (SSSR count). The number of rotatable bonds is 10. The summed E-state index contributed by atoms with van der Waals surface area (Å²) in [5.74, 6) is 2.70. The maximum absolute atomic E-state index is 12.7. The van der Waals surface area contributed by atoms with Gasteiger partial charge in [0.15, 0.2) is 11.5 Å². The summed E-state index contributed by atoms with van der Waals surface area (Å²) in [5.41, 5.74) is 2.92. The highest BCUT2D eigenvalue weighted by molar-refractivity contribution is 14.1. The number of aromatic nitrogens is 2. The fourth-order valence-electron chi connectivity index (χ4n) is 4.81. The van der Waals surface area contributed by atoms with E-state index in [-0.39, 0.29) is 0 Å².